The van der Waals surface area contributed by atoms with Gasteiger partial charge in [0.1, 0.15) is 0 Å². The molecular weight excluding hydrogens is 232 g/mol. The second kappa shape index (κ2) is 5.07. The number of nitrogens with one attached hydrogen (secondary N) is 1. The van der Waals surface area contributed by atoms with Gasteiger partial charge in [-0.25, -0.2) is 4.79 Å². The predicted octanol–water partition coefficient (Wildman–Crippen LogP) is 1.64. The van der Waals surface area contributed by atoms with Crippen molar-refractivity contribution in [2.75, 3.05) is 13.2 Å². The Labute approximate surface area is 105 Å². The molecule has 94 valence electrons. The van der Waals surface area contributed by atoms with Crippen LogP contribution in [0.5, 0.6) is 0 Å². The quantitative estimate of drug-likeness (QED) is 0.849. The lowest BCUT2D eigenvalue weighted by Gasteiger charge is -2.27. The minimum Gasteiger partial charge on any atom is -0.465 e. The van der Waals surface area contributed by atoms with Crippen LogP contribution in [0, 0.1) is 11.3 Å². The molecule has 1 saturated heterocycles. The van der Waals surface area contributed by atoms with Gasteiger partial charge in [0.25, 0.3) is 0 Å². The molecule has 0 radical (unpaired) electrons. The molecule has 0 bridgehead atoms. The zero-order valence-electron chi connectivity index (χ0n) is 9.85. The zero-order chi connectivity index (χ0) is 13.0. The number of nitriles is 1. The Morgan fingerprint density at radius 1 is 1.50 bits per heavy atom. The molecule has 1 aliphatic heterocycles. The van der Waals surface area contributed by atoms with Crippen LogP contribution >= 0.6 is 0 Å². The number of hydrogen-bond donors (Lipinski definition) is 2. The third kappa shape index (κ3) is 2.44. The SMILES string of the molecule is N#CCc1ccc(C2(NC(=O)O)CCOC2)cc1. The van der Waals surface area contributed by atoms with E-state index in [9.17, 15) is 4.79 Å². The lowest BCUT2D eigenvalue weighted by Crippen LogP contribution is -2.45. The topological polar surface area (TPSA) is 82.4 Å². The van der Waals surface area contributed by atoms with Gasteiger partial charge in [0, 0.05) is 13.0 Å². The van der Waals surface area contributed by atoms with Gasteiger partial charge in [-0.3, -0.25) is 0 Å². The number of ether oxygens (including phenoxy) is 1. The number of amides is 1. The molecule has 1 unspecified atom stereocenters. The average molecular weight is 246 g/mol. The third-order valence-corrected chi connectivity index (χ3v) is 3.16. The Morgan fingerprint density at radius 3 is 2.72 bits per heavy atom. The van der Waals surface area contributed by atoms with E-state index in [1.165, 1.54) is 0 Å². The predicted molar refractivity (Wildman–Crippen MR) is 64.0 cm³/mol. The molecule has 1 heterocycles. The average Bonchev–Trinajstić information content (AvgIpc) is 2.79. The van der Waals surface area contributed by atoms with Gasteiger partial charge in [-0.15, -0.1) is 0 Å². The fraction of sp³-hybridized carbons (Fsp3) is 0.385. The van der Waals surface area contributed by atoms with E-state index in [4.69, 9.17) is 15.1 Å². The summed E-state index contributed by atoms with van der Waals surface area (Å²) in [5.41, 5.74) is 1.14. The van der Waals surface area contributed by atoms with E-state index in [-0.39, 0.29) is 0 Å². The summed E-state index contributed by atoms with van der Waals surface area (Å²) in [6.07, 6.45) is -0.0749. The first-order valence-corrected chi connectivity index (χ1v) is 5.71. The van der Waals surface area contributed by atoms with E-state index in [0.717, 1.165) is 11.1 Å². The molecule has 1 atom stereocenters. The van der Waals surface area contributed by atoms with Gasteiger partial charge in [0.05, 0.1) is 24.6 Å². The first-order valence-electron chi connectivity index (χ1n) is 5.71. The van der Waals surface area contributed by atoms with Crippen LogP contribution in [0.2, 0.25) is 0 Å². The Morgan fingerprint density at radius 2 is 2.22 bits per heavy atom. The zero-order valence-corrected chi connectivity index (χ0v) is 9.85. The van der Waals surface area contributed by atoms with Crippen molar-refractivity contribution in [3.8, 4) is 6.07 Å². The summed E-state index contributed by atoms with van der Waals surface area (Å²) in [6, 6.07) is 9.50. The molecule has 1 fully saturated rings. The van der Waals surface area contributed by atoms with Crippen molar-refractivity contribution in [3.05, 3.63) is 35.4 Å². The fourth-order valence-corrected chi connectivity index (χ4v) is 2.20. The Balaban J connectivity index is 2.26. The number of nitrogens with zero attached hydrogens (tertiary/aromatic N) is 1. The van der Waals surface area contributed by atoms with Crippen molar-refractivity contribution in [2.24, 2.45) is 0 Å². The molecule has 0 aromatic heterocycles. The summed E-state index contributed by atoms with van der Waals surface area (Å²) in [4.78, 5) is 10.9. The van der Waals surface area contributed by atoms with Crippen LogP contribution in [0.3, 0.4) is 0 Å². The molecule has 1 amide bonds. The van der Waals surface area contributed by atoms with Crippen molar-refractivity contribution in [2.45, 2.75) is 18.4 Å². The molecule has 1 aromatic rings. The van der Waals surface area contributed by atoms with Crippen LogP contribution in [0.25, 0.3) is 0 Å². The first kappa shape index (κ1) is 12.4. The highest BCUT2D eigenvalue weighted by atomic mass is 16.5. The normalized spacial score (nSPS) is 22.4. The smallest absolute Gasteiger partial charge is 0.405 e. The van der Waals surface area contributed by atoms with Crippen molar-refractivity contribution in [1.82, 2.24) is 5.32 Å². The van der Waals surface area contributed by atoms with E-state index < -0.39 is 11.6 Å². The molecule has 5 heteroatoms. The maximum atomic E-state index is 10.9. The van der Waals surface area contributed by atoms with E-state index in [0.29, 0.717) is 26.1 Å². The van der Waals surface area contributed by atoms with E-state index in [1.807, 2.05) is 24.3 Å². The number of hydrogen-bond acceptors (Lipinski definition) is 3. The van der Waals surface area contributed by atoms with Gasteiger partial charge < -0.3 is 15.2 Å². The van der Waals surface area contributed by atoms with Crippen LogP contribution in [-0.4, -0.2) is 24.4 Å². The van der Waals surface area contributed by atoms with Crippen LogP contribution in [-0.2, 0) is 16.7 Å². The molecule has 18 heavy (non-hydrogen) atoms. The maximum absolute atomic E-state index is 10.9. The van der Waals surface area contributed by atoms with E-state index >= 15 is 0 Å². The molecular formula is C13H14N2O3. The fourth-order valence-electron chi connectivity index (χ4n) is 2.20. The summed E-state index contributed by atoms with van der Waals surface area (Å²) >= 11 is 0. The van der Waals surface area contributed by atoms with Gasteiger partial charge in [-0.05, 0) is 11.1 Å². The molecule has 0 saturated carbocycles. The van der Waals surface area contributed by atoms with E-state index in [2.05, 4.69) is 11.4 Å². The summed E-state index contributed by atoms with van der Waals surface area (Å²) in [7, 11) is 0. The molecule has 1 aliphatic rings. The second-order valence-electron chi connectivity index (χ2n) is 4.35. The summed E-state index contributed by atoms with van der Waals surface area (Å²) in [5, 5.41) is 20.1. The standard InChI is InChI=1S/C13H14N2O3/c14-7-5-10-1-3-11(4-2-10)13(15-12(16)17)6-8-18-9-13/h1-4,15H,5-6,8-9H2,(H,16,17). The van der Waals surface area contributed by atoms with E-state index in [1.54, 1.807) is 0 Å². The van der Waals surface area contributed by atoms with Crippen LogP contribution in [0.1, 0.15) is 17.5 Å². The lowest BCUT2D eigenvalue weighted by atomic mass is 9.88. The van der Waals surface area contributed by atoms with Gasteiger partial charge in [0.2, 0.25) is 0 Å². The second-order valence-corrected chi connectivity index (χ2v) is 4.35. The van der Waals surface area contributed by atoms with Crippen LogP contribution in [0.15, 0.2) is 24.3 Å². The molecule has 1 aromatic carbocycles. The Kier molecular flexibility index (Phi) is 3.49. The van der Waals surface area contributed by atoms with Gasteiger partial charge >= 0.3 is 6.09 Å². The van der Waals surface area contributed by atoms with Crippen molar-refractivity contribution in [3.63, 3.8) is 0 Å². The third-order valence-electron chi connectivity index (χ3n) is 3.16. The number of benzene rings is 1. The molecule has 0 spiro atoms. The van der Waals surface area contributed by atoms with Gasteiger partial charge in [-0.2, -0.15) is 5.26 Å². The molecule has 0 aliphatic carbocycles. The highest BCUT2D eigenvalue weighted by molar-refractivity contribution is 5.66. The first-order chi connectivity index (χ1) is 8.66. The Hall–Kier alpha value is -2.06. The lowest BCUT2D eigenvalue weighted by molar-refractivity contribution is 0.150. The maximum Gasteiger partial charge on any atom is 0.405 e. The molecule has 5 nitrogen and oxygen atoms in total. The van der Waals surface area contributed by atoms with Gasteiger partial charge in [-0.1, -0.05) is 24.3 Å². The van der Waals surface area contributed by atoms with Crippen molar-refractivity contribution < 1.29 is 14.6 Å². The highest BCUT2D eigenvalue weighted by Gasteiger charge is 2.38. The Bertz CT molecular complexity index is 470. The molecule has 2 rings (SSSR count). The van der Waals surface area contributed by atoms with Crippen LogP contribution in [0.4, 0.5) is 4.79 Å². The summed E-state index contributed by atoms with van der Waals surface area (Å²) < 4.78 is 5.32. The summed E-state index contributed by atoms with van der Waals surface area (Å²) in [6.45, 7) is 0.886. The monoisotopic (exact) mass is 246 g/mol. The number of carboxylic acid groups (broad SMARTS) is 1. The number of rotatable bonds is 3. The largest absolute Gasteiger partial charge is 0.465 e. The summed E-state index contributed by atoms with van der Waals surface area (Å²) in [5.74, 6) is 0. The molecule has 2 N–H and O–H groups in total. The van der Waals surface area contributed by atoms with Crippen LogP contribution < -0.4 is 5.32 Å². The van der Waals surface area contributed by atoms with Gasteiger partial charge in [0.15, 0.2) is 0 Å². The minimum atomic E-state index is -1.05. The highest BCUT2D eigenvalue weighted by Crippen LogP contribution is 2.30. The minimum absolute atomic E-state index is 0.344. The van der Waals surface area contributed by atoms with Crippen molar-refractivity contribution in [1.29, 1.82) is 5.26 Å². The number of carbonyl (C=O) groups is 1. The van der Waals surface area contributed by atoms with Crippen molar-refractivity contribution >= 4 is 6.09 Å².